The highest BCUT2D eigenvalue weighted by molar-refractivity contribution is 5.97. The fourth-order valence-corrected chi connectivity index (χ4v) is 1.24. The van der Waals surface area contributed by atoms with Crippen molar-refractivity contribution < 1.29 is 23.8 Å². The molecule has 0 bridgehead atoms. The molecule has 4 nitrogen and oxygen atoms in total. The highest BCUT2D eigenvalue weighted by Crippen LogP contribution is 2.12. The lowest BCUT2D eigenvalue weighted by molar-refractivity contribution is -0.141. The third kappa shape index (κ3) is 4.06. The van der Waals surface area contributed by atoms with Gasteiger partial charge in [0.1, 0.15) is 5.82 Å². The number of carbonyl (C=O) groups excluding carboxylic acids is 1. The highest BCUT2D eigenvalue weighted by Gasteiger charge is 2.13. The summed E-state index contributed by atoms with van der Waals surface area (Å²) in [7, 11) is 1.17. The molecule has 0 heterocycles. The zero-order chi connectivity index (χ0) is 12.8. The molecule has 90 valence electrons. The summed E-state index contributed by atoms with van der Waals surface area (Å²) in [5.74, 6) is -2.25. The number of hydrogen-bond acceptors (Lipinski definition) is 3. The lowest BCUT2D eigenvalue weighted by Gasteiger charge is -2.02. The fraction of sp³-hybridized carbons (Fsp3) is 0.167. The number of carboxylic acids is 1. The zero-order valence-corrected chi connectivity index (χ0v) is 9.14. The predicted molar refractivity (Wildman–Crippen MR) is 58.6 cm³/mol. The SMILES string of the molecule is COC(=O)/C(=C\c1ccc(F)cc1)CC(=O)O. The molecule has 0 aromatic heterocycles. The van der Waals surface area contributed by atoms with E-state index in [2.05, 4.69) is 4.74 Å². The number of esters is 1. The van der Waals surface area contributed by atoms with E-state index in [4.69, 9.17) is 5.11 Å². The zero-order valence-electron chi connectivity index (χ0n) is 9.14. The highest BCUT2D eigenvalue weighted by atomic mass is 19.1. The van der Waals surface area contributed by atoms with Crippen molar-refractivity contribution >= 4 is 18.0 Å². The Morgan fingerprint density at radius 3 is 2.41 bits per heavy atom. The summed E-state index contributed by atoms with van der Waals surface area (Å²) in [5, 5.41) is 8.64. The molecule has 1 aromatic rings. The minimum Gasteiger partial charge on any atom is -0.481 e. The second kappa shape index (κ2) is 5.79. The Bertz CT molecular complexity index is 448. The van der Waals surface area contributed by atoms with Gasteiger partial charge in [0.15, 0.2) is 0 Å². The first-order chi connectivity index (χ1) is 8.02. The first kappa shape index (κ1) is 12.9. The molecule has 0 fully saturated rings. The van der Waals surface area contributed by atoms with Gasteiger partial charge in [-0.2, -0.15) is 0 Å². The monoisotopic (exact) mass is 238 g/mol. The van der Waals surface area contributed by atoms with Crippen molar-refractivity contribution in [1.29, 1.82) is 0 Å². The second-order valence-corrected chi connectivity index (χ2v) is 3.28. The normalized spacial score (nSPS) is 11.1. The number of rotatable bonds is 4. The molecule has 0 spiro atoms. The average molecular weight is 238 g/mol. The van der Waals surface area contributed by atoms with Crippen LogP contribution in [0.15, 0.2) is 29.8 Å². The number of carbonyl (C=O) groups is 2. The van der Waals surface area contributed by atoms with Gasteiger partial charge in [0, 0.05) is 5.57 Å². The maximum Gasteiger partial charge on any atom is 0.334 e. The third-order valence-corrected chi connectivity index (χ3v) is 2.00. The number of carboxylic acid groups (broad SMARTS) is 1. The minimum absolute atomic E-state index is 0.00612. The lowest BCUT2D eigenvalue weighted by Crippen LogP contribution is -2.09. The van der Waals surface area contributed by atoms with Gasteiger partial charge in [-0.15, -0.1) is 0 Å². The Morgan fingerprint density at radius 2 is 1.94 bits per heavy atom. The van der Waals surface area contributed by atoms with Gasteiger partial charge >= 0.3 is 11.9 Å². The maximum atomic E-state index is 12.7. The quantitative estimate of drug-likeness (QED) is 0.642. The Kier molecular flexibility index (Phi) is 4.39. The van der Waals surface area contributed by atoms with Gasteiger partial charge < -0.3 is 9.84 Å². The van der Waals surface area contributed by atoms with E-state index in [1.54, 1.807) is 0 Å². The molecular formula is C12H11FO4. The molecule has 0 aliphatic rings. The summed E-state index contributed by atoms with van der Waals surface area (Å²) in [6.07, 6.45) is 0.920. The average Bonchev–Trinajstić information content (AvgIpc) is 2.29. The molecule has 1 rings (SSSR count). The molecule has 1 aromatic carbocycles. The van der Waals surface area contributed by atoms with Gasteiger partial charge in [0.05, 0.1) is 13.5 Å². The van der Waals surface area contributed by atoms with E-state index < -0.39 is 24.2 Å². The van der Waals surface area contributed by atoms with Gasteiger partial charge in [-0.1, -0.05) is 12.1 Å². The summed E-state index contributed by atoms with van der Waals surface area (Å²) in [6, 6.07) is 5.34. The minimum atomic E-state index is -1.14. The van der Waals surface area contributed by atoms with Gasteiger partial charge in [-0.3, -0.25) is 4.79 Å². The molecule has 0 amide bonds. The van der Waals surface area contributed by atoms with Crippen molar-refractivity contribution in [3.05, 3.63) is 41.2 Å². The number of aliphatic carboxylic acids is 1. The first-order valence-electron chi connectivity index (χ1n) is 4.79. The van der Waals surface area contributed by atoms with E-state index in [1.807, 2.05) is 0 Å². The summed E-state index contributed by atoms with van der Waals surface area (Å²) in [5.41, 5.74) is 0.541. The van der Waals surface area contributed by atoms with Gasteiger partial charge in [0.25, 0.3) is 0 Å². The number of benzene rings is 1. The van der Waals surface area contributed by atoms with Crippen LogP contribution in [0.5, 0.6) is 0 Å². The Morgan fingerprint density at radius 1 is 1.35 bits per heavy atom. The number of halogens is 1. The van der Waals surface area contributed by atoms with Crippen molar-refractivity contribution in [2.24, 2.45) is 0 Å². The van der Waals surface area contributed by atoms with Crippen LogP contribution < -0.4 is 0 Å². The summed E-state index contributed by atoms with van der Waals surface area (Å²) in [4.78, 5) is 21.9. The Labute approximate surface area is 97.3 Å². The van der Waals surface area contributed by atoms with E-state index >= 15 is 0 Å². The molecule has 0 aliphatic carbocycles. The molecular weight excluding hydrogens is 227 g/mol. The Balaban J connectivity index is 3.00. The van der Waals surface area contributed by atoms with Crippen LogP contribution in [-0.4, -0.2) is 24.2 Å². The van der Waals surface area contributed by atoms with Crippen LogP contribution in [0.2, 0.25) is 0 Å². The number of hydrogen-bond donors (Lipinski definition) is 1. The summed E-state index contributed by atoms with van der Waals surface area (Å²) >= 11 is 0. The lowest BCUT2D eigenvalue weighted by atomic mass is 10.1. The van der Waals surface area contributed by atoms with Crippen molar-refractivity contribution in [1.82, 2.24) is 0 Å². The smallest absolute Gasteiger partial charge is 0.334 e. The van der Waals surface area contributed by atoms with E-state index in [1.165, 1.54) is 37.5 Å². The van der Waals surface area contributed by atoms with Gasteiger partial charge in [0.2, 0.25) is 0 Å². The molecule has 0 unspecified atom stereocenters. The molecule has 0 atom stereocenters. The van der Waals surface area contributed by atoms with Crippen LogP contribution in [0.3, 0.4) is 0 Å². The third-order valence-electron chi connectivity index (χ3n) is 2.00. The van der Waals surface area contributed by atoms with E-state index in [0.29, 0.717) is 5.56 Å². The van der Waals surface area contributed by atoms with Crippen LogP contribution in [0.1, 0.15) is 12.0 Å². The van der Waals surface area contributed by atoms with Crippen LogP contribution in [0.25, 0.3) is 6.08 Å². The van der Waals surface area contributed by atoms with Crippen molar-refractivity contribution in [3.63, 3.8) is 0 Å². The molecule has 0 saturated carbocycles. The largest absolute Gasteiger partial charge is 0.481 e. The van der Waals surface area contributed by atoms with Crippen molar-refractivity contribution in [2.75, 3.05) is 7.11 Å². The molecule has 0 saturated heterocycles. The second-order valence-electron chi connectivity index (χ2n) is 3.28. The van der Waals surface area contributed by atoms with Crippen LogP contribution in [0, 0.1) is 5.82 Å². The fourth-order valence-electron chi connectivity index (χ4n) is 1.24. The van der Waals surface area contributed by atoms with E-state index in [9.17, 15) is 14.0 Å². The van der Waals surface area contributed by atoms with Crippen LogP contribution >= 0.6 is 0 Å². The predicted octanol–water partition coefficient (Wildman–Crippen LogP) is 1.86. The van der Waals surface area contributed by atoms with E-state index in [0.717, 1.165) is 0 Å². The van der Waals surface area contributed by atoms with Crippen LogP contribution in [0.4, 0.5) is 4.39 Å². The molecule has 17 heavy (non-hydrogen) atoms. The topological polar surface area (TPSA) is 63.6 Å². The number of ether oxygens (including phenoxy) is 1. The number of methoxy groups -OCH3 is 1. The summed E-state index contributed by atoms with van der Waals surface area (Å²) < 4.78 is 17.1. The van der Waals surface area contributed by atoms with Crippen molar-refractivity contribution in [2.45, 2.75) is 6.42 Å². The first-order valence-corrected chi connectivity index (χ1v) is 4.79. The van der Waals surface area contributed by atoms with Crippen molar-refractivity contribution in [3.8, 4) is 0 Å². The molecule has 5 heteroatoms. The standard InChI is InChI=1S/C12H11FO4/c1-17-12(16)9(7-11(14)15)6-8-2-4-10(13)5-3-8/h2-6H,7H2,1H3,(H,14,15)/b9-6-. The molecule has 0 radical (unpaired) electrons. The molecule has 1 N–H and O–H groups in total. The maximum absolute atomic E-state index is 12.7. The van der Waals surface area contributed by atoms with Gasteiger partial charge in [-0.05, 0) is 23.8 Å². The van der Waals surface area contributed by atoms with Crippen LogP contribution in [-0.2, 0) is 14.3 Å². The Hall–Kier alpha value is -2.17. The summed E-state index contributed by atoms with van der Waals surface area (Å²) in [6.45, 7) is 0. The van der Waals surface area contributed by atoms with E-state index in [-0.39, 0.29) is 5.57 Å². The van der Waals surface area contributed by atoms with Gasteiger partial charge in [-0.25, -0.2) is 9.18 Å². The molecule has 0 aliphatic heterocycles.